The third kappa shape index (κ3) is 2.96. The van der Waals surface area contributed by atoms with Crippen LogP contribution in [0, 0.1) is 0 Å². The van der Waals surface area contributed by atoms with Crippen LogP contribution in [0.25, 0.3) is 0 Å². The molecule has 1 aromatic carbocycles. The SMILES string of the molecule is CN(C1CCCC1)S(=O)(=O)c1cccc(C(N)=S)c1. The van der Waals surface area contributed by atoms with Crippen LogP contribution in [-0.4, -0.2) is 30.8 Å². The van der Waals surface area contributed by atoms with Crippen LogP contribution in [0.2, 0.25) is 0 Å². The van der Waals surface area contributed by atoms with E-state index in [4.69, 9.17) is 18.0 Å². The topological polar surface area (TPSA) is 63.4 Å². The van der Waals surface area contributed by atoms with Crippen LogP contribution in [-0.2, 0) is 10.0 Å². The minimum absolute atomic E-state index is 0.110. The molecule has 0 atom stereocenters. The van der Waals surface area contributed by atoms with Crippen LogP contribution < -0.4 is 5.73 Å². The van der Waals surface area contributed by atoms with E-state index in [9.17, 15) is 8.42 Å². The number of rotatable bonds is 4. The Morgan fingerprint density at radius 3 is 2.58 bits per heavy atom. The minimum atomic E-state index is -3.46. The summed E-state index contributed by atoms with van der Waals surface area (Å²) in [5.74, 6) is 0. The normalized spacial score (nSPS) is 16.9. The number of nitrogens with two attached hydrogens (primary N) is 1. The largest absolute Gasteiger partial charge is 0.389 e. The average Bonchev–Trinajstić information content (AvgIpc) is 2.91. The van der Waals surface area contributed by atoms with E-state index in [0.717, 1.165) is 25.7 Å². The van der Waals surface area contributed by atoms with E-state index in [2.05, 4.69) is 0 Å². The molecule has 0 heterocycles. The van der Waals surface area contributed by atoms with Crippen molar-refractivity contribution in [1.29, 1.82) is 0 Å². The molecular weight excluding hydrogens is 280 g/mol. The van der Waals surface area contributed by atoms with Gasteiger partial charge in [-0.25, -0.2) is 8.42 Å². The summed E-state index contributed by atoms with van der Waals surface area (Å²) in [7, 11) is -1.81. The quantitative estimate of drug-likeness (QED) is 0.862. The van der Waals surface area contributed by atoms with Crippen LogP contribution >= 0.6 is 12.2 Å². The summed E-state index contributed by atoms with van der Waals surface area (Å²) in [4.78, 5) is 0.466. The molecule has 0 saturated heterocycles. The van der Waals surface area contributed by atoms with Crippen molar-refractivity contribution in [3.8, 4) is 0 Å². The molecule has 0 bridgehead atoms. The zero-order valence-electron chi connectivity index (χ0n) is 10.9. The number of benzene rings is 1. The van der Waals surface area contributed by atoms with Crippen LogP contribution in [0.3, 0.4) is 0 Å². The molecule has 4 nitrogen and oxygen atoms in total. The molecule has 1 fully saturated rings. The van der Waals surface area contributed by atoms with E-state index in [1.54, 1.807) is 31.3 Å². The Hall–Kier alpha value is -0.980. The van der Waals surface area contributed by atoms with Gasteiger partial charge in [-0.3, -0.25) is 0 Å². The molecule has 2 rings (SSSR count). The van der Waals surface area contributed by atoms with Gasteiger partial charge in [0.1, 0.15) is 4.99 Å². The Balaban J connectivity index is 2.33. The molecule has 0 spiro atoms. The van der Waals surface area contributed by atoms with E-state index in [1.165, 1.54) is 4.31 Å². The van der Waals surface area contributed by atoms with Gasteiger partial charge in [0.2, 0.25) is 10.0 Å². The zero-order valence-corrected chi connectivity index (χ0v) is 12.5. The fraction of sp³-hybridized carbons (Fsp3) is 0.462. The van der Waals surface area contributed by atoms with Crippen LogP contribution in [0.15, 0.2) is 29.2 Å². The summed E-state index contributed by atoms with van der Waals surface area (Å²) < 4.78 is 26.6. The molecule has 1 saturated carbocycles. The first-order valence-electron chi connectivity index (χ1n) is 6.31. The summed E-state index contributed by atoms with van der Waals surface area (Å²) >= 11 is 4.89. The van der Waals surface area contributed by atoms with Gasteiger partial charge < -0.3 is 5.73 Å². The third-order valence-corrected chi connectivity index (χ3v) is 5.78. The summed E-state index contributed by atoms with van der Waals surface area (Å²) in [6.07, 6.45) is 4.06. The van der Waals surface area contributed by atoms with Crippen molar-refractivity contribution in [3.05, 3.63) is 29.8 Å². The number of hydrogen-bond acceptors (Lipinski definition) is 3. The predicted molar refractivity (Wildman–Crippen MR) is 79.5 cm³/mol. The molecule has 104 valence electrons. The van der Waals surface area contributed by atoms with Gasteiger partial charge in [-0.2, -0.15) is 4.31 Å². The van der Waals surface area contributed by atoms with E-state index in [0.29, 0.717) is 5.56 Å². The fourth-order valence-electron chi connectivity index (χ4n) is 2.44. The van der Waals surface area contributed by atoms with E-state index >= 15 is 0 Å². The van der Waals surface area contributed by atoms with Gasteiger partial charge in [-0.05, 0) is 25.0 Å². The highest BCUT2D eigenvalue weighted by Gasteiger charge is 2.30. The van der Waals surface area contributed by atoms with Crippen LogP contribution in [0.4, 0.5) is 0 Å². The lowest BCUT2D eigenvalue weighted by molar-refractivity contribution is 0.373. The molecule has 0 radical (unpaired) electrons. The lowest BCUT2D eigenvalue weighted by Crippen LogP contribution is -2.35. The maximum Gasteiger partial charge on any atom is 0.243 e. The summed E-state index contributed by atoms with van der Waals surface area (Å²) in [6, 6.07) is 6.63. The highest BCUT2D eigenvalue weighted by molar-refractivity contribution is 7.89. The highest BCUT2D eigenvalue weighted by atomic mass is 32.2. The second-order valence-corrected chi connectivity index (χ2v) is 7.29. The van der Waals surface area contributed by atoms with E-state index < -0.39 is 10.0 Å². The molecule has 2 N–H and O–H groups in total. The third-order valence-electron chi connectivity index (χ3n) is 3.63. The summed E-state index contributed by atoms with van der Waals surface area (Å²) in [5.41, 5.74) is 6.13. The molecule has 0 amide bonds. The van der Waals surface area contributed by atoms with Crippen LogP contribution in [0.1, 0.15) is 31.2 Å². The van der Waals surface area contributed by atoms with E-state index in [-0.39, 0.29) is 15.9 Å². The number of nitrogens with zero attached hydrogens (tertiary/aromatic N) is 1. The maximum atomic E-state index is 12.5. The van der Waals surface area contributed by atoms with Crippen molar-refractivity contribution in [2.75, 3.05) is 7.05 Å². The lowest BCUT2D eigenvalue weighted by Gasteiger charge is -2.23. The molecule has 19 heavy (non-hydrogen) atoms. The molecule has 6 heteroatoms. The number of thiocarbonyl (C=S) groups is 1. The van der Waals surface area contributed by atoms with E-state index in [1.807, 2.05) is 0 Å². The van der Waals surface area contributed by atoms with Crippen molar-refractivity contribution in [1.82, 2.24) is 4.31 Å². The van der Waals surface area contributed by atoms with Crippen molar-refractivity contribution >= 4 is 27.2 Å². The van der Waals surface area contributed by atoms with Gasteiger partial charge in [0.25, 0.3) is 0 Å². The lowest BCUT2D eigenvalue weighted by atomic mass is 10.2. The van der Waals surface area contributed by atoms with Crippen LogP contribution in [0.5, 0.6) is 0 Å². The Bertz CT molecular complexity index is 578. The monoisotopic (exact) mass is 298 g/mol. The second-order valence-electron chi connectivity index (χ2n) is 4.85. The van der Waals surface area contributed by atoms with Gasteiger partial charge in [0, 0.05) is 18.7 Å². The summed E-state index contributed by atoms with van der Waals surface area (Å²) in [5, 5.41) is 0. The van der Waals surface area contributed by atoms with Crippen molar-refractivity contribution in [2.45, 2.75) is 36.6 Å². The Labute approximate surface area is 119 Å². The molecule has 0 aliphatic heterocycles. The highest BCUT2D eigenvalue weighted by Crippen LogP contribution is 2.27. The fourth-order valence-corrected chi connectivity index (χ4v) is 4.03. The first kappa shape index (κ1) is 14.4. The van der Waals surface area contributed by atoms with Crippen molar-refractivity contribution in [2.24, 2.45) is 5.73 Å². The maximum absolute atomic E-state index is 12.5. The molecule has 0 unspecified atom stereocenters. The Morgan fingerprint density at radius 2 is 2.00 bits per heavy atom. The molecule has 1 aliphatic carbocycles. The van der Waals surface area contributed by atoms with Gasteiger partial charge in [0.05, 0.1) is 4.90 Å². The zero-order chi connectivity index (χ0) is 14.0. The summed E-state index contributed by atoms with van der Waals surface area (Å²) in [6.45, 7) is 0. The van der Waals surface area contributed by atoms with Crippen molar-refractivity contribution in [3.63, 3.8) is 0 Å². The smallest absolute Gasteiger partial charge is 0.243 e. The van der Waals surface area contributed by atoms with Crippen molar-refractivity contribution < 1.29 is 8.42 Å². The molecule has 0 aromatic heterocycles. The van der Waals surface area contributed by atoms with Gasteiger partial charge >= 0.3 is 0 Å². The minimum Gasteiger partial charge on any atom is -0.389 e. The molecule has 1 aliphatic rings. The number of sulfonamides is 1. The molecule has 1 aromatic rings. The van der Waals surface area contributed by atoms with Gasteiger partial charge in [-0.1, -0.05) is 37.2 Å². The second kappa shape index (κ2) is 5.56. The standard InChI is InChI=1S/C13H18N2O2S2/c1-15(11-6-2-3-7-11)19(16,17)12-8-4-5-10(9-12)13(14)18/h4-5,8-9,11H,2-3,6-7H2,1H3,(H2,14,18). The Morgan fingerprint density at radius 1 is 1.37 bits per heavy atom. The van der Waals surface area contributed by atoms with Gasteiger partial charge in [-0.15, -0.1) is 0 Å². The first-order valence-corrected chi connectivity index (χ1v) is 8.15. The average molecular weight is 298 g/mol. The number of hydrogen-bond donors (Lipinski definition) is 1. The molecular formula is C13H18N2O2S2. The first-order chi connectivity index (χ1) is 8.93. The predicted octanol–water partition coefficient (Wildman–Crippen LogP) is 1.88. The Kier molecular flexibility index (Phi) is 4.23. The van der Waals surface area contributed by atoms with Gasteiger partial charge in [0.15, 0.2) is 0 Å².